The number of fused-ring (bicyclic) bond motifs is 4. The summed E-state index contributed by atoms with van der Waals surface area (Å²) in [5.41, 5.74) is 5.45. The van der Waals surface area contributed by atoms with Crippen LogP contribution in [0.1, 0.15) is 23.5 Å². The van der Waals surface area contributed by atoms with Crippen LogP contribution in [0.5, 0.6) is 0 Å². The lowest BCUT2D eigenvalue weighted by Gasteiger charge is -2.27. The van der Waals surface area contributed by atoms with Gasteiger partial charge in [0.05, 0.1) is 11.0 Å². The number of rotatable bonds is 3. The van der Waals surface area contributed by atoms with Crippen molar-refractivity contribution in [1.29, 1.82) is 0 Å². The Labute approximate surface area is 161 Å². The number of amides is 1. The van der Waals surface area contributed by atoms with Gasteiger partial charge in [0.1, 0.15) is 5.82 Å². The summed E-state index contributed by atoms with van der Waals surface area (Å²) in [6.07, 6.45) is 1.92. The van der Waals surface area contributed by atoms with Gasteiger partial charge in [-0.05, 0) is 30.3 Å². The molecule has 0 bridgehead atoms. The summed E-state index contributed by atoms with van der Waals surface area (Å²) in [6, 6.07) is 13.8. The summed E-state index contributed by atoms with van der Waals surface area (Å²) >= 11 is 6.16. The Morgan fingerprint density at radius 2 is 2.04 bits per heavy atom. The maximum Gasteiger partial charge on any atom is 0.223 e. The molecule has 0 unspecified atom stereocenters. The first-order valence-electron chi connectivity index (χ1n) is 9.18. The molecule has 4 aromatic rings. The zero-order chi connectivity index (χ0) is 18.4. The van der Waals surface area contributed by atoms with E-state index in [-0.39, 0.29) is 5.91 Å². The first-order valence-corrected chi connectivity index (χ1v) is 9.55. The second-order valence-corrected chi connectivity index (χ2v) is 7.47. The first kappa shape index (κ1) is 16.4. The van der Waals surface area contributed by atoms with Crippen LogP contribution in [0, 0.1) is 0 Å². The normalized spacial score (nSPS) is 14.0. The van der Waals surface area contributed by atoms with Crippen LogP contribution in [0.25, 0.3) is 21.9 Å². The lowest BCUT2D eigenvalue weighted by molar-refractivity contribution is -0.132. The van der Waals surface area contributed by atoms with Crippen molar-refractivity contribution in [1.82, 2.24) is 19.9 Å². The van der Waals surface area contributed by atoms with E-state index in [1.807, 2.05) is 47.4 Å². The van der Waals surface area contributed by atoms with Crippen LogP contribution in [0.2, 0.25) is 5.02 Å². The monoisotopic (exact) mass is 378 g/mol. The average Bonchev–Trinajstić information content (AvgIpc) is 3.26. The number of aromatic nitrogens is 3. The minimum atomic E-state index is 0.164. The SMILES string of the molecule is O=C(CCc1nc2ccccc2[nH]1)N1CCc2[nH]c3ccc(Cl)cc3c2C1. The smallest absolute Gasteiger partial charge is 0.223 e. The van der Waals surface area contributed by atoms with Crippen LogP contribution in [0.3, 0.4) is 0 Å². The molecule has 5 rings (SSSR count). The minimum Gasteiger partial charge on any atom is -0.358 e. The van der Waals surface area contributed by atoms with Crippen LogP contribution >= 0.6 is 11.6 Å². The molecule has 2 aromatic heterocycles. The van der Waals surface area contributed by atoms with E-state index < -0.39 is 0 Å². The molecule has 6 heteroatoms. The molecule has 2 N–H and O–H groups in total. The molecule has 1 aliphatic rings. The molecule has 0 aliphatic carbocycles. The molecule has 0 spiro atoms. The van der Waals surface area contributed by atoms with Crippen molar-refractivity contribution in [3.8, 4) is 0 Å². The highest BCUT2D eigenvalue weighted by molar-refractivity contribution is 6.31. The standard InChI is InChI=1S/C21H19ClN4O/c22-13-5-6-16-14(11-13)15-12-26(10-9-17(15)23-16)21(27)8-7-20-24-18-3-1-2-4-19(18)25-20/h1-6,11,23H,7-10,12H2,(H,24,25). The molecule has 3 heterocycles. The number of hydrogen-bond donors (Lipinski definition) is 2. The molecule has 2 aromatic carbocycles. The van der Waals surface area contributed by atoms with Gasteiger partial charge in [-0.15, -0.1) is 0 Å². The Hall–Kier alpha value is -2.79. The summed E-state index contributed by atoms with van der Waals surface area (Å²) in [5.74, 6) is 1.03. The first-order chi connectivity index (χ1) is 13.2. The number of hydrogen-bond acceptors (Lipinski definition) is 2. The number of H-pyrrole nitrogens is 2. The number of nitrogens with one attached hydrogen (secondary N) is 2. The van der Waals surface area contributed by atoms with Gasteiger partial charge in [-0.2, -0.15) is 0 Å². The summed E-state index contributed by atoms with van der Waals surface area (Å²) in [7, 11) is 0. The number of para-hydroxylation sites is 2. The molecule has 0 fully saturated rings. The zero-order valence-corrected chi connectivity index (χ0v) is 15.5. The van der Waals surface area contributed by atoms with Crippen LogP contribution in [-0.2, 0) is 24.2 Å². The maximum atomic E-state index is 12.8. The Bertz CT molecular complexity index is 1130. The number of aromatic amines is 2. The Kier molecular flexibility index (Phi) is 3.90. The summed E-state index contributed by atoms with van der Waals surface area (Å²) < 4.78 is 0. The van der Waals surface area contributed by atoms with Crippen molar-refractivity contribution >= 4 is 39.4 Å². The van der Waals surface area contributed by atoms with E-state index in [9.17, 15) is 4.79 Å². The number of carbonyl (C=O) groups is 1. The third-order valence-electron chi connectivity index (χ3n) is 5.30. The van der Waals surface area contributed by atoms with Gasteiger partial charge in [-0.25, -0.2) is 4.98 Å². The van der Waals surface area contributed by atoms with Gasteiger partial charge in [0.25, 0.3) is 0 Å². The minimum absolute atomic E-state index is 0.164. The highest BCUT2D eigenvalue weighted by atomic mass is 35.5. The predicted octanol–water partition coefficient (Wildman–Crippen LogP) is 4.22. The van der Waals surface area contributed by atoms with Crippen LogP contribution in [0.15, 0.2) is 42.5 Å². The molecule has 1 aliphatic heterocycles. The molecule has 0 saturated carbocycles. The summed E-state index contributed by atoms with van der Waals surface area (Å²) in [6.45, 7) is 1.38. The van der Waals surface area contributed by atoms with Crippen molar-refractivity contribution in [2.75, 3.05) is 6.54 Å². The van der Waals surface area contributed by atoms with Crippen molar-refractivity contribution in [3.63, 3.8) is 0 Å². The van der Waals surface area contributed by atoms with E-state index >= 15 is 0 Å². The van der Waals surface area contributed by atoms with E-state index in [0.29, 0.717) is 19.4 Å². The van der Waals surface area contributed by atoms with Crippen molar-refractivity contribution in [2.24, 2.45) is 0 Å². The van der Waals surface area contributed by atoms with Gasteiger partial charge in [0.2, 0.25) is 5.91 Å². The number of aryl methyl sites for hydroxylation is 1. The fourth-order valence-electron chi connectivity index (χ4n) is 3.91. The van der Waals surface area contributed by atoms with E-state index in [1.54, 1.807) is 0 Å². The lowest BCUT2D eigenvalue weighted by Crippen LogP contribution is -2.35. The predicted molar refractivity (Wildman–Crippen MR) is 107 cm³/mol. The highest BCUT2D eigenvalue weighted by Crippen LogP contribution is 2.30. The second-order valence-electron chi connectivity index (χ2n) is 7.04. The Balaban J connectivity index is 1.31. The second kappa shape index (κ2) is 6.43. The highest BCUT2D eigenvalue weighted by Gasteiger charge is 2.24. The Morgan fingerprint density at radius 1 is 1.15 bits per heavy atom. The van der Waals surface area contributed by atoms with Crippen molar-refractivity contribution in [3.05, 3.63) is 64.6 Å². The molecule has 0 atom stereocenters. The number of benzene rings is 2. The molecule has 27 heavy (non-hydrogen) atoms. The fourth-order valence-corrected chi connectivity index (χ4v) is 4.08. The quantitative estimate of drug-likeness (QED) is 0.560. The topological polar surface area (TPSA) is 64.8 Å². The van der Waals surface area contributed by atoms with Gasteiger partial charge in [-0.3, -0.25) is 4.79 Å². The van der Waals surface area contributed by atoms with E-state index in [2.05, 4.69) is 15.0 Å². The van der Waals surface area contributed by atoms with Gasteiger partial charge in [0, 0.05) is 59.5 Å². The molecule has 0 saturated heterocycles. The van der Waals surface area contributed by atoms with Crippen molar-refractivity contribution < 1.29 is 4.79 Å². The summed E-state index contributed by atoms with van der Waals surface area (Å²) in [4.78, 5) is 26.0. The lowest BCUT2D eigenvalue weighted by atomic mass is 10.0. The van der Waals surface area contributed by atoms with Gasteiger partial charge in [0.15, 0.2) is 0 Å². The summed E-state index contributed by atoms with van der Waals surface area (Å²) in [5, 5.41) is 1.84. The Morgan fingerprint density at radius 3 is 2.93 bits per heavy atom. The molecule has 5 nitrogen and oxygen atoms in total. The van der Waals surface area contributed by atoms with Crippen LogP contribution < -0.4 is 0 Å². The molecule has 136 valence electrons. The number of imidazole rings is 1. The third-order valence-corrected chi connectivity index (χ3v) is 5.54. The van der Waals surface area contributed by atoms with Gasteiger partial charge >= 0.3 is 0 Å². The molecule has 0 radical (unpaired) electrons. The molecular formula is C21H19ClN4O. The van der Waals surface area contributed by atoms with E-state index in [0.717, 1.165) is 45.7 Å². The van der Waals surface area contributed by atoms with Crippen LogP contribution in [-0.4, -0.2) is 32.3 Å². The van der Waals surface area contributed by atoms with E-state index in [4.69, 9.17) is 11.6 Å². The maximum absolute atomic E-state index is 12.8. The zero-order valence-electron chi connectivity index (χ0n) is 14.8. The van der Waals surface area contributed by atoms with Crippen molar-refractivity contribution in [2.45, 2.75) is 25.8 Å². The van der Waals surface area contributed by atoms with E-state index in [1.165, 1.54) is 11.3 Å². The van der Waals surface area contributed by atoms with Gasteiger partial charge in [-0.1, -0.05) is 23.7 Å². The van der Waals surface area contributed by atoms with Gasteiger partial charge < -0.3 is 14.9 Å². The molecule has 1 amide bonds. The largest absolute Gasteiger partial charge is 0.358 e. The number of halogens is 1. The number of nitrogens with zero attached hydrogens (tertiary/aromatic N) is 2. The molecular weight excluding hydrogens is 360 g/mol. The van der Waals surface area contributed by atoms with Crippen LogP contribution in [0.4, 0.5) is 0 Å². The third kappa shape index (κ3) is 2.98. The number of carbonyl (C=O) groups excluding carboxylic acids is 1. The average molecular weight is 379 g/mol. The fraction of sp³-hybridized carbons (Fsp3) is 0.238.